The molecule has 0 radical (unpaired) electrons. The zero-order valence-electron chi connectivity index (χ0n) is 14.8. The molecule has 0 amide bonds. The number of benzene rings is 4. The summed E-state index contributed by atoms with van der Waals surface area (Å²) in [6, 6.07) is 27.6. The summed E-state index contributed by atoms with van der Waals surface area (Å²) in [4.78, 5) is 0. The van der Waals surface area contributed by atoms with Crippen LogP contribution in [0.25, 0.3) is 27.6 Å². The Morgan fingerprint density at radius 2 is 1.54 bits per heavy atom. The Balaban J connectivity index is 1.71. The van der Waals surface area contributed by atoms with Crippen LogP contribution >= 0.6 is 8.81 Å². The van der Waals surface area contributed by atoms with E-state index in [0.717, 1.165) is 17.6 Å². The van der Waals surface area contributed by atoms with Crippen molar-refractivity contribution in [3.63, 3.8) is 0 Å². The van der Waals surface area contributed by atoms with Gasteiger partial charge in [0.25, 0.3) is 0 Å². The van der Waals surface area contributed by atoms with E-state index in [1.165, 1.54) is 27.0 Å². The lowest BCUT2D eigenvalue weighted by atomic mass is 10.1. The van der Waals surface area contributed by atoms with Crippen LogP contribution in [0.1, 0.15) is 18.9 Å². The predicted molar refractivity (Wildman–Crippen MR) is 116 cm³/mol. The molecule has 1 unspecified atom stereocenters. The molecule has 0 aromatic heterocycles. The van der Waals surface area contributed by atoms with Crippen molar-refractivity contribution < 1.29 is 4.52 Å². The number of hydrogen-bond donors (Lipinski definition) is 0. The molecule has 0 aliphatic rings. The lowest BCUT2D eigenvalue weighted by Gasteiger charge is -2.12. The van der Waals surface area contributed by atoms with Gasteiger partial charge in [0.15, 0.2) is 0 Å². The summed E-state index contributed by atoms with van der Waals surface area (Å²) in [5.74, 6) is 0.944. The van der Waals surface area contributed by atoms with Gasteiger partial charge in [0, 0.05) is 10.7 Å². The molecule has 4 rings (SSSR count). The molecule has 0 bridgehead atoms. The molecule has 1 atom stereocenters. The van der Waals surface area contributed by atoms with E-state index in [2.05, 4.69) is 97.9 Å². The van der Waals surface area contributed by atoms with Gasteiger partial charge in [-0.15, -0.1) is 0 Å². The monoisotopic (exact) mass is 356 g/mol. The fraction of sp³-hybridized carbons (Fsp3) is 0.0833. The van der Waals surface area contributed by atoms with Crippen LogP contribution in [0.4, 0.5) is 0 Å². The number of allylic oxidation sites excluding steroid dienone is 1. The van der Waals surface area contributed by atoms with Crippen molar-refractivity contribution in [2.24, 2.45) is 0 Å². The Hall–Kier alpha value is -2.63. The van der Waals surface area contributed by atoms with E-state index in [1.807, 2.05) is 0 Å². The number of hydrogen-bond acceptors (Lipinski definition) is 1. The van der Waals surface area contributed by atoms with Crippen molar-refractivity contribution in [1.29, 1.82) is 0 Å². The van der Waals surface area contributed by atoms with Gasteiger partial charge in [0.2, 0.25) is 0 Å². The Labute approximate surface area is 156 Å². The molecule has 0 aliphatic heterocycles. The maximum absolute atomic E-state index is 6.28. The SMILES string of the molecule is CCC=Cc1cc(POc2cccc3ccccc23)c2ccccc2c1. The van der Waals surface area contributed by atoms with Crippen molar-refractivity contribution in [1.82, 2.24) is 0 Å². The van der Waals surface area contributed by atoms with Gasteiger partial charge in [-0.3, -0.25) is 0 Å². The molecule has 0 N–H and O–H groups in total. The van der Waals surface area contributed by atoms with Crippen molar-refractivity contribution >= 4 is 41.7 Å². The minimum Gasteiger partial charge on any atom is -0.472 e. The van der Waals surface area contributed by atoms with Crippen molar-refractivity contribution in [2.75, 3.05) is 0 Å². The van der Waals surface area contributed by atoms with Gasteiger partial charge in [0.1, 0.15) is 14.6 Å². The first-order valence-corrected chi connectivity index (χ1v) is 9.86. The molecule has 0 saturated heterocycles. The second-order valence-corrected chi connectivity index (χ2v) is 7.23. The molecule has 128 valence electrons. The summed E-state index contributed by atoms with van der Waals surface area (Å²) in [7, 11) is 0.267. The fourth-order valence-corrected chi connectivity index (χ4v) is 4.12. The number of rotatable bonds is 5. The molecule has 26 heavy (non-hydrogen) atoms. The highest BCUT2D eigenvalue weighted by Crippen LogP contribution is 2.31. The summed E-state index contributed by atoms with van der Waals surface area (Å²) in [5, 5.41) is 6.13. The first-order chi connectivity index (χ1) is 12.8. The van der Waals surface area contributed by atoms with Crippen LogP contribution in [-0.2, 0) is 0 Å². The Kier molecular flexibility index (Phi) is 5.00. The van der Waals surface area contributed by atoms with Gasteiger partial charge in [0.05, 0.1) is 0 Å². The summed E-state index contributed by atoms with van der Waals surface area (Å²) < 4.78 is 6.28. The zero-order chi connectivity index (χ0) is 17.8. The van der Waals surface area contributed by atoms with E-state index in [-0.39, 0.29) is 8.81 Å². The minimum absolute atomic E-state index is 0.267. The van der Waals surface area contributed by atoms with E-state index in [9.17, 15) is 0 Å². The summed E-state index contributed by atoms with van der Waals surface area (Å²) in [6.07, 6.45) is 5.43. The average molecular weight is 356 g/mol. The average Bonchev–Trinajstić information content (AvgIpc) is 2.70. The molecule has 0 spiro atoms. The molecular weight excluding hydrogens is 335 g/mol. The van der Waals surface area contributed by atoms with Crippen molar-refractivity contribution in [2.45, 2.75) is 13.3 Å². The van der Waals surface area contributed by atoms with E-state index in [0.29, 0.717) is 0 Å². The standard InChI is InChI=1S/C24H21OP/c1-2-3-9-18-16-20-11-5-7-14-22(20)24(17-18)26-25-23-15-8-12-19-10-4-6-13-21(19)23/h3-17,26H,2H2,1H3. The van der Waals surface area contributed by atoms with Crippen molar-refractivity contribution in [3.8, 4) is 5.75 Å². The van der Waals surface area contributed by atoms with Gasteiger partial charge in [-0.25, -0.2) is 0 Å². The largest absolute Gasteiger partial charge is 0.472 e. The van der Waals surface area contributed by atoms with E-state index in [4.69, 9.17) is 4.52 Å². The molecule has 0 aliphatic carbocycles. The smallest absolute Gasteiger partial charge is 0.131 e. The van der Waals surface area contributed by atoms with Crippen LogP contribution in [0.15, 0.2) is 84.9 Å². The van der Waals surface area contributed by atoms with Crippen LogP contribution < -0.4 is 9.83 Å². The molecule has 4 aromatic carbocycles. The highest BCUT2D eigenvalue weighted by molar-refractivity contribution is 7.43. The lowest BCUT2D eigenvalue weighted by Crippen LogP contribution is -2.00. The summed E-state index contributed by atoms with van der Waals surface area (Å²) in [5.41, 5.74) is 1.23. The molecule has 0 saturated carbocycles. The quantitative estimate of drug-likeness (QED) is 0.361. The van der Waals surface area contributed by atoms with Gasteiger partial charge in [-0.05, 0) is 46.3 Å². The number of fused-ring (bicyclic) bond motifs is 2. The second-order valence-electron chi connectivity index (χ2n) is 6.28. The van der Waals surface area contributed by atoms with Gasteiger partial charge in [-0.1, -0.05) is 79.7 Å². The predicted octanol–water partition coefficient (Wildman–Crippen LogP) is 6.71. The van der Waals surface area contributed by atoms with Crippen molar-refractivity contribution in [3.05, 3.63) is 90.5 Å². The topological polar surface area (TPSA) is 9.23 Å². The fourth-order valence-electron chi connectivity index (χ4n) is 3.16. The molecule has 4 aromatic rings. The maximum Gasteiger partial charge on any atom is 0.131 e. The molecule has 2 heteroatoms. The highest BCUT2D eigenvalue weighted by atomic mass is 31.1. The van der Waals surface area contributed by atoms with Gasteiger partial charge >= 0.3 is 0 Å². The third-order valence-electron chi connectivity index (χ3n) is 4.45. The maximum atomic E-state index is 6.28. The normalized spacial score (nSPS) is 11.9. The Morgan fingerprint density at radius 1 is 0.808 bits per heavy atom. The molecule has 0 heterocycles. The Morgan fingerprint density at radius 3 is 2.38 bits per heavy atom. The van der Waals surface area contributed by atoms with E-state index >= 15 is 0 Å². The van der Waals surface area contributed by atoms with Crippen LogP contribution in [-0.4, -0.2) is 0 Å². The molecule has 0 fully saturated rings. The first-order valence-electron chi connectivity index (χ1n) is 8.95. The second kappa shape index (κ2) is 7.72. The first kappa shape index (κ1) is 16.8. The Bertz CT molecular complexity index is 1080. The molecule has 1 nitrogen and oxygen atoms in total. The molecular formula is C24H21OP. The third kappa shape index (κ3) is 3.49. The summed E-state index contributed by atoms with van der Waals surface area (Å²) in [6.45, 7) is 2.16. The zero-order valence-corrected chi connectivity index (χ0v) is 15.8. The minimum atomic E-state index is 0.267. The van der Waals surface area contributed by atoms with Crippen LogP contribution in [0.5, 0.6) is 5.75 Å². The highest BCUT2D eigenvalue weighted by Gasteiger charge is 2.06. The summed E-state index contributed by atoms with van der Waals surface area (Å²) >= 11 is 0. The van der Waals surface area contributed by atoms with E-state index < -0.39 is 0 Å². The van der Waals surface area contributed by atoms with Gasteiger partial charge in [-0.2, -0.15) is 0 Å². The van der Waals surface area contributed by atoms with Crippen LogP contribution in [0.2, 0.25) is 0 Å². The van der Waals surface area contributed by atoms with Crippen LogP contribution in [0.3, 0.4) is 0 Å². The third-order valence-corrected chi connectivity index (χ3v) is 5.41. The van der Waals surface area contributed by atoms with E-state index in [1.54, 1.807) is 0 Å². The van der Waals surface area contributed by atoms with Crippen LogP contribution in [0, 0.1) is 0 Å². The van der Waals surface area contributed by atoms with Gasteiger partial charge < -0.3 is 4.52 Å². The lowest BCUT2D eigenvalue weighted by molar-refractivity contribution is 0.646.